The number of carbonyl (C=O) groups is 2. The van der Waals surface area contributed by atoms with Crippen molar-refractivity contribution in [2.24, 2.45) is 28.8 Å². The number of halogens is 1. The minimum absolute atomic E-state index is 0.164. The van der Waals surface area contributed by atoms with E-state index in [-0.39, 0.29) is 35.5 Å². The van der Waals surface area contributed by atoms with E-state index >= 15 is 0 Å². The van der Waals surface area contributed by atoms with Crippen molar-refractivity contribution in [2.75, 3.05) is 6.61 Å². The van der Waals surface area contributed by atoms with E-state index in [0.717, 1.165) is 17.9 Å². The molecular formula is C19H19ClN2O3. The first-order valence-electron chi connectivity index (χ1n) is 8.62. The number of rotatable bonds is 4. The monoisotopic (exact) mass is 358 g/mol. The zero-order valence-electron chi connectivity index (χ0n) is 13.9. The van der Waals surface area contributed by atoms with Gasteiger partial charge < -0.3 is 4.74 Å². The molecule has 1 saturated heterocycles. The lowest BCUT2D eigenvalue weighted by Crippen LogP contribution is -2.38. The highest BCUT2D eigenvalue weighted by Crippen LogP contribution is 2.49. The van der Waals surface area contributed by atoms with E-state index in [1.165, 1.54) is 6.21 Å². The third-order valence-electron chi connectivity index (χ3n) is 5.32. The first-order chi connectivity index (χ1) is 12.1. The lowest BCUT2D eigenvalue weighted by Gasteiger charge is -2.37. The molecule has 5 nitrogen and oxygen atoms in total. The molecule has 4 aliphatic rings. The van der Waals surface area contributed by atoms with Gasteiger partial charge in [-0.1, -0.05) is 23.8 Å². The molecule has 0 N–H and O–H groups in total. The van der Waals surface area contributed by atoms with Gasteiger partial charge in [-0.15, -0.1) is 0 Å². The fourth-order valence-electron chi connectivity index (χ4n) is 4.20. The second-order valence-corrected chi connectivity index (χ2v) is 7.13. The lowest BCUT2D eigenvalue weighted by molar-refractivity contribution is -0.140. The number of hydrogen-bond donors (Lipinski definition) is 0. The Kier molecular flexibility index (Phi) is 4.12. The van der Waals surface area contributed by atoms with Gasteiger partial charge >= 0.3 is 0 Å². The minimum atomic E-state index is -0.251. The summed E-state index contributed by atoms with van der Waals surface area (Å²) in [5.74, 6) is 0.0660. The standard InChI is InChI=1S/C19H19ClN2O3/c1-2-25-15-8-7-14(20)9-13(15)10-21-22-18(23)16-11-3-4-12(6-5-11)17(16)19(22)24/h3-4,7-12,16-17H,2,5-6H2,1H3/b21-10-/t11-,12-,16+,17+/m1/s1. The van der Waals surface area contributed by atoms with Gasteiger partial charge in [0.05, 0.1) is 24.7 Å². The van der Waals surface area contributed by atoms with Gasteiger partial charge in [-0.2, -0.15) is 10.1 Å². The summed E-state index contributed by atoms with van der Waals surface area (Å²) in [7, 11) is 0. The van der Waals surface area contributed by atoms with Crippen molar-refractivity contribution in [2.45, 2.75) is 19.8 Å². The summed E-state index contributed by atoms with van der Waals surface area (Å²) in [6, 6.07) is 5.19. The molecule has 0 radical (unpaired) electrons. The van der Waals surface area contributed by atoms with Crippen LogP contribution in [-0.2, 0) is 9.59 Å². The molecule has 0 spiro atoms. The van der Waals surface area contributed by atoms with E-state index < -0.39 is 0 Å². The van der Waals surface area contributed by atoms with Gasteiger partial charge in [0.2, 0.25) is 0 Å². The number of fused-ring (bicyclic) bond motifs is 1. The maximum absolute atomic E-state index is 12.7. The van der Waals surface area contributed by atoms with Crippen LogP contribution in [0.25, 0.3) is 0 Å². The topological polar surface area (TPSA) is 59.0 Å². The molecule has 1 saturated carbocycles. The van der Waals surface area contributed by atoms with Crippen LogP contribution in [0.1, 0.15) is 25.3 Å². The Morgan fingerprint density at radius 3 is 2.40 bits per heavy atom. The molecule has 6 heteroatoms. The quantitative estimate of drug-likeness (QED) is 0.471. The van der Waals surface area contributed by atoms with Gasteiger partial charge in [0.1, 0.15) is 5.75 Å². The van der Waals surface area contributed by atoms with Crippen LogP contribution in [0.5, 0.6) is 5.75 Å². The number of amides is 2. The zero-order chi connectivity index (χ0) is 17.6. The average Bonchev–Trinajstić information content (AvgIpc) is 2.89. The highest BCUT2D eigenvalue weighted by atomic mass is 35.5. The molecule has 0 unspecified atom stereocenters. The molecule has 5 rings (SSSR count). The third-order valence-corrected chi connectivity index (χ3v) is 5.56. The molecule has 130 valence electrons. The van der Waals surface area contributed by atoms with Crippen LogP contribution >= 0.6 is 11.6 Å². The van der Waals surface area contributed by atoms with Crippen LogP contribution in [0.2, 0.25) is 5.02 Å². The van der Waals surface area contributed by atoms with Gasteiger partial charge in [-0.3, -0.25) is 9.59 Å². The second-order valence-electron chi connectivity index (χ2n) is 6.69. The first-order valence-corrected chi connectivity index (χ1v) is 9.00. The summed E-state index contributed by atoms with van der Waals surface area (Å²) in [4.78, 5) is 25.5. The Bertz CT molecular complexity index is 757. The van der Waals surface area contributed by atoms with Crippen molar-refractivity contribution in [1.82, 2.24) is 5.01 Å². The number of imide groups is 1. The molecule has 2 bridgehead atoms. The summed E-state index contributed by atoms with van der Waals surface area (Å²) < 4.78 is 5.55. The Morgan fingerprint density at radius 2 is 1.84 bits per heavy atom. The average molecular weight is 359 g/mol. The van der Waals surface area contributed by atoms with Gasteiger partial charge in [-0.05, 0) is 49.8 Å². The fourth-order valence-corrected chi connectivity index (χ4v) is 4.38. The number of carbonyl (C=O) groups excluding carboxylic acids is 2. The zero-order valence-corrected chi connectivity index (χ0v) is 14.6. The summed E-state index contributed by atoms with van der Waals surface area (Å²) in [5.41, 5.74) is 0.644. The van der Waals surface area contributed by atoms with Crippen LogP contribution in [0, 0.1) is 23.7 Å². The highest BCUT2D eigenvalue weighted by Gasteiger charge is 2.56. The maximum atomic E-state index is 12.7. The molecular weight excluding hydrogens is 340 g/mol. The number of allylic oxidation sites excluding steroid dienone is 2. The fraction of sp³-hybridized carbons (Fsp3) is 0.421. The number of nitrogens with zero attached hydrogens (tertiary/aromatic N) is 2. The van der Waals surface area contributed by atoms with E-state index in [9.17, 15) is 9.59 Å². The van der Waals surface area contributed by atoms with Crippen LogP contribution in [0.15, 0.2) is 35.5 Å². The molecule has 2 fully saturated rings. The molecule has 1 aromatic carbocycles. The van der Waals surface area contributed by atoms with Crippen molar-refractivity contribution in [3.63, 3.8) is 0 Å². The van der Waals surface area contributed by atoms with Crippen LogP contribution in [-0.4, -0.2) is 29.6 Å². The Labute approximate surface area is 151 Å². The van der Waals surface area contributed by atoms with Crippen molar-refractivity contribution in [3.8, 4) is 5.75 Å². The Morgan fingerprint density at radius 1 is 1.20 bits per heavy atom. The molecule has 25 heavy (non-hydrogen) atoms. The van der Waals surface area contributed by atoms with E-state index in [4.69, 9.17) is 16.3 Å². The van der Waals surface area contributed by atoms with Crippen molar-refractivity contribution in [1.29, 1.82) is 0 Å². The highest BCUT2D eigenvalue weighted by molar-refractivity contribution is 6.30. The van der Waals surface area contributed by atoms with Gasteiger partial charge in [0.15, 0.2) is 0 Å². The molecule has 1 aromatic rings. The second kappa shape index (κ2) is 6.30. The van der Waals surface area contributed by atoms with Crippen LogP contribution in [0.3, 0.4) is 0 Å². The number of ether oxygens (including phenoxy) is 1. The lowest BCUT2D eigenvalue weighted by atomic mass is 9.63. The van der Waals surface area contributed by atoms with E-state index in [0.29, 0.717) is 22.9 Å². The smallest absolute Gasteiger partial charge is 0.254 e. The number of hydrazone groups is 1. The molecule has 4 atom stereocenters. The summed E-state index contributed by atoms with van der Waals surface area (Å²) in [6.07, 6.45) is 7.62. The normalized spacial score (nSPS) is 30.4. The molecule has 1 aliphatic heterocycles. The van der Waals surface area contributed by atoms with Crippen molar-refractivity contribution in [3.05, 3.63) is 40.9 Å². The third kappa shape index (κ3) is 2.67. The van der Waals surface area contributed by atoms with E-state index in [2.05, 4.69) is 17.3 Å². The van der Waals surface area contributed by atoms with Gasteiger partial charge in [-0.25, -0.2) is 0 Å². The SMILES string of the molecule is CCOc1ccc(Cl)cc1/C=N\N1C(=O)[C@@H]2[C@@H](C1=O)[C@@H]1C=C[C@@H]2CC1. The van der Waals surface area contributed by atoms with Gasteiger partial charge in [0, 0.05) is 10.6 Å². The Balaban J connectivity index is 1.62. The van der Waals surface area contributed by atoms with E-state index in [1.807, 2.05) is 6.92 Å². The van der Waals surface area contributed by atoms with Gasteiger partial charge in [0.25, 0.3) is 11.8 Å². The number of hydrogen-bond acceptors (Lipinski definition) is 4. The molecule has 2 amide bonds. The first kappa shape index (κ1) is 16.3. The molecule has 0 aromatic heterocycles. The van der Waals surface area contributed by atoms with E-state index in [1.54, 1.807) is 18.2 Å². The van der Waals surface area contributed by atoms with Crippen LogP contribution < -0.4 is 4.74 Å². The Hall–Kier alpha value is -2.14. The molecule has 1 heterocycles. The molecule has 3 aliphatic carbocycles. The van der Waals surface area contributed by atoms with Crippen LogP contribution in [0.4, 0.5) is 0 Å². The number of benzene rings is 1. The predicted molar refractivity (Wildman–Crippen MR) is 94.4 cm³/mol. The summed E-state index contributed by atoms with van der Waals surface area (Å²) in [5, 5.41) is 5.79. The largest absolute Gasteiger partial charge is 0.493 e. The maximum Gasteiger partial charge on any atom is 0.254 e. The summed E-state index contributed by atoms with van der Waals surface area (Å²) >= 11 is 6.04. The van der Waals surface area contributed by atoms with Crippen molar-refractivity contribution >= 4 is 29.6 Å². The van der Waals surface area contributed by atoms with Crippen molar-refractivity contribution < 1.29 is 14.3 Å². The minimum Gasteiger partial charge on any atom is -0.493 e. The predicted octanol–water partition coefficient (Wildman–Crippen LogP) is 3.27. The summed E-state index contributed by atoms with van der Waals surface area (Å²) in [6.45, 7) is 2.39.